The molecule has 0 N–H and O–H groups in total. The Morgan fingerprint density at radius 1 is 0.862 bits per heavy atom. The molecular formula is C22H29N3O4. The van der Waals surface area contributed by atoms with Crippen molar-refractivity contribution in [2.75, 3.05) is 46.4 Å². The summed E-state index contributed by atoms with van der Waals surface area (Å²) in [6.45, 7) is 3.47. The van der Waals surface area contributed by atoms with Crippen LogP contribution in [0.2, 0.25) is 0 Å². The Labute approximate surface area is 171 Å². The normalized spacial score (nSPS) is 22.4. The predicted molar refractivity (Wildman–Crippen MR) is 108 cm³/mol. The molecule has 29 heavy (non-hydrogen) atoms. The Morgan fingerprint density at radius 2 is 1.55 bits per heavy atom. The van der Waals surface area contributed by atoms with Crippen molar-refractivity contribution in [3.63, 3.8) is 0 Å². The SMILES string of the molecule is COc1cccc(C(=O)N2CCN(C(=O)C3CCCN(C(=O)C4CC4)C3)CC2)c1. The fraction of sp³-hybridized carbons (Fsp3) is 0.591. The van der Waals surface area contributed by atoms with E-state index in [0.717, 1.165) is 32.2 Å². The first-order valence-corrected chi connectivity index (χ1v) is 10.6. The summed E-state index contributed by atoms with van der Waals surface area (Å²) in [5.41, 5.74) is 0.602. The smallest absolute Gasteiger partial charge is 0.254 e. The second kappa shape index (κ2) is 8.43. The minimum absolute atomic E-state index is 0.0325. The van der Waals surface area contributed by atoms with Crippen molar-refractivity contribution < 1.29 is 19.1 Å². The molecule has 7 nitrogen and oxygen atoms in total. The van der Waals surface area contributed by atoms with Gasteiger partial charge in [0.15, 0.2) is 0 Å². The molecule has 1 saturated carbocycles. The number of piperazine rings is 1. The van der Waals surface area contributed by atoms with Gasteiger partial charge < -0.3 is 19.4 Å². The number of hydrogen-bond donors (Lipinski definition) is 0. The minimum atomic E-state index is -0.105. The molecule has 3 fully saturated rings. The van der Waals surface area contributed by atoms with Gasteiger partial charge in [0, 0.05) is 50.7 Å². The van der Waals surface area contributed by atoms with Gasteiger partial charge in [0.05, 0.1) is 13.0 Å². The van der Waals surface area contributed by atoms with Crippen molar-refractivity contribution in [1.82, 2.24) is 14.7 Å². The van der Waals surface area contributed by atoms with Crippen LogP contribution in [0, 0.1) is 11.8 Å². The monoisotopic (exact) mass is 399 g/mol. The highest BCUT2D eigenvalue weighted by Gasteiger charge is 2.38. The zero-order valence-electron chi connectivity index (χ0n) is 17.0. The van der Waals surface area contributed by atoms with Crippen molar-refractivity contribution in [2.45, 2.75) is 25.7 Å². The summed E-state index contributed by atoms with van der Waals surface area (Å²) in [6.07, 6.45) is 3.73. The number of rotatable bonds is 4. The molecule has 1 aromatic carbocycles. The first-order valence-electron chi connectivity index (χ1n) is 10.6. The Balaban J connectivity index is 1.31. The third-order valence-corrected chi connectivity index (χ3v) is 6.20. The average molecular weight is 399 g/mol. The zero-order valence-corrected chi connectivity index (χ0v) is 17.0. The van der Waals surface area contributed by atoms with E-state index in [1.807, 2.05) is 21.9 Å². The van der Waals surface area contributed by atoms with Gasteiger partial charge in [-0.3, -0.25) is 14.4 Å². The summed E-state index contributed by atoms with van der Waals surface area (Å²) in [6, 6.07) is 7.15. The largest absolute Gasteiger partial charge is 0.497 e. The van der Waals surface area contributed by atoms with E-state index in [-0.39, 0.29) is 29.6 Å². The molecule has 0 aromatic heterocycles. The molecule has 1 unspecified atom stereocenters. The molecule has 156 valence electrons. The maximum absolute atomic E-state index is 13.0. The van der Waals surface area contributed by atoms with Crippen LogP contribution in [0.25, 0.3) is 0 Å². The van der Waals surface area contributed by atoms with Crippen LogP contribution >= 0.6 is 0 Å². The Morgan fingerprint density at radius 3 is 2.24 bits per heavy atom. The highest BCUT2D eigenvalue weighted by molar-refractivity contribution is 5.94. The van der Waals surface area contributed by atoms with Gasteiger partial charge in [0.1, 0.15) is 5.75 Å². The Hall–Kier alpha value is -2.57. The molecule has 2 aliphatic heterocycles. The van der Waals surface area contributed by atoms with Crippen molar-refractivity contribution in [3.8, 4) is 5.75 Å². The van der Waals surface area contributed by atoms with Gasteiger partial charge in [-0.05, 0) is 43.9 Å². The third-order valence-electron chi connectivity index (χ3n) is 6.20. The lowest BCUT2D eigenvalue weighted by Crippen LogP contribution is -2.54. The van der Waals surface area contributed by atoms with Crippen LogP contribution in [0.1, 0.15) is 36.0 Å². The van der Waals surface area contributed by atoms with Crippen molar-refractivity contribution in [2.24, 2.45) is 11.8 Å². The first-order chi connectivity index (χ1) is 14.1. The quantitative estimate of drug-likeness (QED) is 0.772. The molecule has 3 amide bonds. The Bertz CT molecular complexity index is 784. The number of carbonyl (C=O) groups excluding carboxylic acids is 3. The van der Waals surface area contributed by atoms with Crippen molar-refractivity contribution in [1.29, 1.82) is 0 Å². The molecule has 0 bridgehead atoms. The van der Waals surface area contributed by atoms with E-state index >= 15 is 0 Å². The van der Waals surface area contributed by atoms with Gasteiger partial charge >= 0.3 is 0 Å². The van der Waals surface area contributed by atoms with Crippen LogP contribution in [-0.4, -0.2) is 78.8 Å². The number of nitrogens with zero attached hydrogens (tertiary/aromatic N) is 3. The topological polar surface area (TPSA) is 70.2 Å². The standard InChI is InChI=1S/C22H29N3O4/c1-29-19-6-2-4-17(14-19)21(27)23-10-12-24(13-11-23)22(28)18-5-3-9-25(15-18)20(26)16-7-8-16/h2,4,6,14,16,18H,3,5,7-13,15H2,1H3. The molecule has 3 aliphatic rings. The lowest BCUT2D eigenvalue weighted by molar-refractivity contribution is -0.142. The fourth-order valence-electron chi connectivity index (χ4n) is 4.29. The van der Waals surface area contributed by atoms with Crippen molar-refractivity contribution in [3.05, 3.63) is 29.8 Å². The number of carbonyl (C=O) groups is 3. The summed E-state index contributed by atoms with van der Waals surface area (Å²) < 4.78 is 5.20. The number of hydrogen-bond acceptors (Lipinski definition) is 4. The Kier molecular flexibility index (Phi) is 5.74. The van der Waals surface area contributed by atoms with Crippen LogP contribution in [0.5, 0.6) is 5.75 Å². The lowest BCUT2D eigenvalue weighted by atomic mass is 9.95. The van der Waals surface area contributed by atoms with Gasteiger partial charge in [0.2, 0.25) is 11.8 Å². The second-order valence-corrected chi connectivity index (χ2v) is 8.25. The summed E-state index contributed by atoms with van der Waals surface area (Å²) in [4.78, 5) is 43.7. The van der Waals surface area contributed by atoms with E-state index in [0.29, 0.717) is 44.0 Å². The highest BCUT2D eigenvalue weighted by Crippen LogP contribution is 2.32. The maximum atomic E-state index is 13.0. The lowest BCUT2D eigenvalue weighted by Gasteiger charge is -2.39. The van der Waals surface area contributed by atoms with E-state index in [2.05, 4.69) is 0 Å². The number of likely N-dealkylation sites (tertiary alicyclic amines) is 1. The molecule has 1 aliphatic carbocycles. The molecular weight excluding hydrogens is 370 g/mol. The van der Waals surface area contributed by atoms with E-state index in [9.17, 15) is 14.4 Å². The molecule has 0 radical (unpaired) electrons. The number of amides is 3. The van der Waals surface area contributed by atoms with Gasteiger partial charge in [-0.2, -0.15) is 0 Å². The van der Waals surface area contributed by atoms with Crippen LogP contribution in [0.3, 0.4) is 0 Å². The van der Waals surface area contributed by atoms with Crippen molar-refractivity contribution >= 4 is 17.7 Å². The molecule has 2 saturated heterocycles. The minimum Gasteiger partial charge on any atom is -0.497 e. The highest BCUT2D eigenvalue weighted by atomic mass is 16.5. The molecule has 1 atom stereocenters. The molecule has 0 spiro atoms. The van der Waals surface area contributed by atoms with Gasteiger partial charge in [-0.25, -0.2) is 0 Å². The van der Waals surface area contributed by atoms with Gasteiger partial charge in [0.25, 0.3) is 5.91 Å². The molecule has 4 rings (SSSR count). The van der Waals surface area contributed by atoms with E-state index in [1.54, 1.807) is 24.1 Å². The maximum Gasteiger partial charge on any atom is 0.254 e. The second-order valence-electron chi connectivity index (χ2n) is 8.25. The number of benzene rings is 1. The van der Waals surface area contributed by atoms with Gasteiger partial charge in [-0.15, -0.1) is 0 Å². The summed E-state index contributed by atoms with van der Waals surface area (Å²) in [5.74, 6) is 1.09. The van der Waals surface area contributed by atoms with E-state index < -0.39 is 0 Å². The third kappa shape index (κ3) is 4.38. The van der Waals surface area contributed by atoms with E-state index in [1.165, 1.54) is 0 Å². The van der Waals surface area contributed by atoms with Crippen LogP contribution in [0.4, 0.5) is 0 Å². The molecule has 1 aromatic rings. The molecule has 7 heteroatoms. The fourth-order valence-corrected chi connectivity index (χ4v) is 4.29. The van der Waals surface area contributed by atoms with Crippen LogP contribution in [-0.2, 0) is 9.59 Å². The molecule has 2 heterocycles. The summed E-state index contributed by atoms with van der Waals surface area (Å²) >= 11 is 0. The van der Waals surface area contributed by atoms with Crippen LogP contribution < -0.4 is 4.74 Å². The zero-order chi connectivity index (χ0) is 20.4. The number of ether oxygens (including phenoxy) is 1. The van der Waals surface area contributed by atoms with Gasteiger partial charge in [-0.1, -0.05) is 6.07 Å². The predicted octanol–water partition coefficient (Wildman–Crippen LogP) is 1.63. The first kappa shape index (κ1) is 19.7. The number of methoxy groups -OCH3 is 1. The summed E-state index contributed by atoms with van der Waals surface area (Å²) in [7, 11) is 1.58. The number of piperidine rings is 1. The summed E-state index contributed by atoms with van der Waals surface area (Å²) in [5, 5.41) is 0. The average Bonchev–Trinajstić information content (AvgIpc) is 3.63. The van der Waals surface area contributed by atoms with E-state index in [4.69, 9.17) is 4.74 Å². The van der Waals surface area contributed by atoms with Crippen LogP contribution in [0.15, 0.2) is 24.3 Å².